The highest BCUT2D eigenvalue weighted by Gasteiger charge is 2.23. The second-order valence-electron chi connectivity index (χ2n) is 7.69. The maximum Gasteiger partial charge on any atom is 0.258 e. The molecule has 30 heavy (non-hydrogen) atoms. The molecule has 0 spiro atoms. The van der Waals surface area contributed by atoms with E-state index in [9.17, 15) is 9.59 Å². The van der Waals surface area contributed by atoms with Gasteiger partial charge in [-0.1, -0.05) is 0 Å². The Morgan fingerprint density at radius 2 is 1.70 bits per heavy atom. The number of aromatic nitrogens is 1. The molecule has 156 valence electrons. The Labute approximate surface area is 180 Å². The van der Waals surface area contributed by atoms with Gasteiger partial charge < -0.3 is 20.1 Å². The zero-order chi connectivity index (χ0) is 21.4. The molecule has 0 radical (unpaired) electrons. The largest absolute Gasteiger partial charge is 0.360 e. The molecular formula is C23H26N4O2S. The minimum atomic E-state index is -0.107. The van der Waals surface area contributed by atoms with Crippen LogP contribution >= 0.6 is 11.3 Å². The van der Waals surface area contributed by atoms with Gasteiger partial charge >= 0.3 is 0 Å². The van der Waals surface area contributed by atoms with Crippen LogP contribution in [0.1, 0.15) is 32.2 Å². The van der Waals surface area contributed by atoms with Crippen molar-refractivity contribution in [1.82, 2.24) is 9.88 Å². The summed E-state index contributed by atoms with van der Waals surface area (Å²) in [6, 6.07) is 11.8. The maximum absolute atomic E-state index is 13.2. The fraction of sp³-hybridized carbons (Fsp3) is 0.304. The molecule has 1 aliphatic rings. The number of amides is 2. The lowest BCUT2D eigenvalue weighted by Crippen LogP contribution is -2.47. The van der Waals surface area contributed by atoms with E-state index < -0.39 is 0 Å². The summed E-state index contributed by atoms with van der Waals surface area (Å²) in [6.07, 6.45) is 0. The van der Waals surface area contributed by atoms with Crippen molar-refractivity contribution in [3.63, 3.8) is 0 Å². The maximum atomic E-state index is 13.2. The highest BCUT2D eigenvalue weighted by atomic mass is 32.1. The SMILES string of the molecule is Cc1sc(-n2c(C)ccc2C)c(C(=O)Nc2ccc(N3CCNC(=O)C3)cc2)c1C. The predicted molar refractivity (Wildman–Crippen MR) is 122 cm³/mol. The molecule has 7 heteroatoms. The Kier molecular flexibility index (Phi) is 5.39. The van der Waals surface area contributed by atoms with Gasteiger partial charge in [-0.15, -0.1) is 11.3 Å². The third-order valence-corrected chi connectivity index (χ3v) is 6.79. The first-order valence-electron chi connectivity index (χ1n) is 10.0. The summed E-state index contributed by atoms with van der Waals surface area (Å²) in [5.41, 5.74) is 5.66. The van der Waals surface area contributed by atoms with Gasteiger partial charge in [-0.3, -0.25) is 9.59 Å². The van der Waals surface area contributed by atoms with Gasteiger partial charge in [-0.05, 0) is 69.7 Å². The standard InChI is InChI=1S/C23H26N4O2S/c1-14-5-6-15(2)27(14)23-21(16(3)17(4)30-23)22(29)25-18-7-9-19(10-8-18)26-12-11-24-20(28)13-26/h5-10H,11-13H2,1-4H3,(H,24,28)(H,25,29). The molecule has 4 rings (SSSR count). The number of carbonyl (C=O) groups is 2. The smallest absolute Gasteiger partial charge is 0.258 e. The van der Waals surface area contributed by atoms with E-state index in [1.807, 2.05) is 36.1 Å². The van der Waals surface area contributed by atoms with Crippen LogP contribution < -0.4 is 15.5 Å². The zero-order valence-electron chi connectivity index (χ0n) is 17.7. The summed E-state index contributed by atoms with van der Waals surface area (Å²) < 4.78 is 2.14. The number of piperazine rings is 1. The summed E-state index contributed by atoms with van der Waals surface area (Å²) >= 11 is 1.64. The molecule has 6 nitrogen and oxygen atoms in total. The van der Waals surface area contributed by atoms with Crippen LogP contribution in [0.15, 0.2) is 36.4 Å². The Bertz CT molecular complexity index is 1090. The highest BCUT2D eigenvalue weighted by molar-refractivity contribution is 7.15. The minimum Gasteiger partial charge on any atom is -0.360 e. The van der Waals surface area contributed by atoms with Crippen LogP contribution in [0.5, 0.6) is 0 Å². The van der Waals surface area contributed by atoms with Crippen molar-refractivity contribution in [3.8, 4) is 5.00 Å². The first kappa shape index (κ1) is 20.2. The number of carbonyl (C=O) groups excluding carboxylic acids is 2. The molecule has 0 atom stereocenters. The number of aryl methyl sites for hydroxylation is 3. The number of hydrogen-bond acceptors (Lipinski definition) is 4. The summed E-state index contributed by atoms with van der Waals surface area (Å²) in [5, 5.41) is 6.84. The Morgan fingerprint density at radius 3 is 2.33 bits per heavy atom. The number of hydrogen-bond donors (Lipinski definition) is 2. The van der Waals surface area contributed by atoms with Crippen molar-refractivity contribution in [2.24, 2.45) is 0 Å². The van der Waals surface area contributed by atoms with E-state index in [0.29, 0.717) is 13.1 Å². The van der Waals surface area contributed by atoms with Crippen LogP contribution in [-0.4, -0.2) is 36.0 Å². The molecule has 2 amide bonds. The lowest BCUT2D eigenvalue weighted by molar-refractivity contribution is -0.120. The van der Waals surface area contributed by atoms with Gasteiger partial charge in [0.25, 0.3) is 5.91 Å². The van der Waals surface area contributed by atoms with E-state index in [-0.39, 0.29) is 11.8 Å². The molecule has 3 aromatic rings. The highest BCUT2D eigenvalue weighted by Crippen LogP contribution is 2.33. The molecule has 1 aromatic carbocycles. The first-order valence-corrected chi connectivity index (χ1v) is 10.8. The van der Waals surface area contributed by atoms with Crippen molar-refractivity contribution in [2.75, 3.05) is 29.9 Å². The zero-order valence-corrected chi connectivity index (χ0v) is 18.5. The third kappa shape index (κ3) is 3.73. The number of rotatable bonds is 4. The van der Waals surface area contributed by atoms with Crippen LogP contribution in [0.3, 0.4) is 0 Å². The second kappa shape index (κ2) is 7.99. The molecule has 0 saturated carbocycles. The van der Waals surface area contributed by atoms with E-state index in [4.69, 9.17) is 0 Å². The van der Waals surface area contributed by atoms with Crippen LogP contribution in [0, 0.1) is 27.7 Å². The van der Waals surface area contributed by atoms with Crippen molar-refractivity contribution in [2.45, 2.75) is 27.7 Å². The van der Waals surface area contributed by atoms with E-state index >= 15 is 0 Å². The molecule has 2 N–H and O–H groups in total. The second-order valence-corrected chi connectivity index (χ2v) is 8.89. The average Bonchev–Trinajstić information content (AvgIpc) is 3.20. The lowest BCUT2D eigenvalue weighted by Gasteiger charge is -2.28. The number of nitrogens with one attached hydrogen (secondary N) is 2. The molecule has 0 unspecified atom stereocenters. The van der Waals surface area contributed by atoms with Gasteiger partial charge in [0.1, 0.15) is 5.00 Å². The summed E-state index contributed by atoms with van der Waals surface area (Å²) in [4.78, 5) is 28.0. The monoisotopic (exact) mass is 422 g/mol. The molecule has 0 bridgehead atoms. The van der Waals surface area contributed by atoms with Gasteiger partial charge in [-0.25, -0.2) is 0 Å². The van der Waals surface area contributed by atoms with E-state index in [1.54, 1.807) is 11.3 Å². The number of thiophene rings is 1. The van der Waals surface area contributed by atoms with Crippen LogP contribution in [0.25, 0.3) is 5.00 Å². The van der Waals surface area contributed by atoms with Gasteiger partial charge in [0.2, 0.25) is 5.91 Å². The van der Waals surface area contributed by atoms with Gasteiger partial charge in [0.15, 0.2) is 0 Å². The molecule has 3 heterocycles. The van der Waals surface area contributed by atoms with E-state index in [1.165, 1.54) is 0 Å². The fourth-order valence-corrected chi connectivity index (χ4v) is 5.10. The van der Waals surface area contributed by atoms with Crippen molar-refractivity contribution < 1.29 is 9.59 Å². The normalized spacial score (nSPS) is 14.0. The summed E-state index contributed by atoms with van der Waals surface area (Å²) in [6.45, 7) is 9.95. The average molecular weight is 423 g/mol. The first-order chi connectivity index (χ1) is 14.3. The van der Waals surface area contributed by atoms with Crippen molar-refractivity contribution in [1.29, 1.82) is 0 Å². The van der Waals surface area contributed by atoms with E-state index in [0.717, 1.165) is 50.3 Å². The molecule has 0 aliphatic carbocycles. The third-order valence-electron chi connectivity index (χ3n) is 5.60. The molecule has 1 saturated heterocycles. The predicted octanol–water partition coefficient (Wildman–Crippen LogP) is 3.96. The van der Waals surface area contributed by atoms with Crippen LogP contribution in [0.4, 0.5) is 11.4 Å². The molecule has 1 aliphatic heterocycles. The number of anilines is 2. The molecule has 1 fully saturated rings. The Morgan fingerprint density at radius 1 is 1.03 bits per heavy atom. The fourth-order valence-electron chi connectivity index (χ4n) is 3.83. The van der Waals surface area contributed by atoms with Gasteiger partial charge in [-0.2, -0.15) is 0 Å². The Balaban J connectivity index is 1.58. The quantitative estimate of drug-likeness (QED) is 0.669. The van der Waals surface area contributed by atoms with E-state index in [2.05, 4.69) is 48.1 Å². The summed E-state index contributed by atoms with van der Waals surface area (Å²) in [5.74, 6) is -0.0745. The topological polar surface area (TPSA) is 66.4 Å². The van der Waals surface area contributed by atoms with Crippen molar-refractivity contribution in [3.05, 3.63) is 63.8 Å². The molecular weight excluding hydrogens is 396 g/mol. The van der Waals surface area contributed by atoms with Gasteiger partial charge in [0.05, 0.1) is 12.1 Å². The minimum absolute atomic E-state index is 0.0325. The van der Waals surface area contributed by atoms with Crippen LogP contribution in [0.2, 0.25) is 0 Å². The van der Waals surface area contributed by atoms with Crippen LogP contribution in [-0.2, 0) is 4.79 Å². The lowest BCUT2D eigenvalue weighted by atomic mass is 10.1. The Hall–Kier alpha value is -3.06. The summed E-state index contributed by atoms with van der Waals surface area (Å²) in [7, 11) is 0. The number of benzene rings is 1. The molecule has 2 aromatic heterocycles. The van der Waals surface area contributed by atoms with Crippen molar-refractivity contribution >= 4 is 34.5 Å². The number of nitrogens with zero attached hydrogens (tertiary/aromatic N) is 2. The van der Waals surface area contributed by atoms with Gasteiger partial charge in [0, 0.05) is 40.7 Å².